The lowest BCUT2D eigenvalue weighted by Gasteiger charge is -1.98. The zero-order valence-electron chi connectivity index (χ0n) is 21.6. The van der Waals surface area contributed by atoms with Crippen molar-refractivity contribution in [3.8, 4) is 22.3 Å². The first-order chi connectivity index (χ1) is 19.6. The standard InChI is InChI=1S/C12H8O2S.C12H8O.C12H10/c13-15(14)11-7-3-1-5-9(11)10-6-2-4-8-12(10)15;1-3-7-11-9(5-1)10-6-2-4-8-12(10)13-11;1-3-7-11(8-4-1)12-9-5-2-6-10-12/h1-8H;1-8H;1-10H. The summed E-state index contributed by atoms with van der Waals surface area (Å²) in [5, 5.41) is 2.39. The number of benzene rings is 6. The summed E-state index contributed by atoms with van der Waals surface area (Å²) >= 11 is 0. The second-order valence-electron chi connectivity index (χ2n) is 9.32. The maximum atomic E-state index is 12.1. The van der Waals surface area contributed by atoms with Gasteiger partial charge in [0.2, 0.25) is 9.84 Å². The summed E-state index contributed by atoms with van der Waals surface area (Å²) in [6, 6.07) is 51.2. The molecular weight excluding hydrogens is 512 g/mol. The SMILES string of the molecule is O=S1(=O)c2ccccc2-c2ccccc21.c1ccc(-c2ccccc2)cc1.c1ccc2c(c1)oc1ccccc12. The third-order valence-electron chi connectivity index (χ3n) is 6.81. The lowest BCUT2D eigenvalue weighted by atomic mass is 10.1. The Hall–Kier alpha value is -4.93. The van der Waals surface area contributed by atoms with Gasteiger partial charge in [-0.05, 0) is 35.4 Å². The van der Waals surface area contributed by atoms with Crippen LogP contribution in [0.2, 0.25) is 0 Å². The molecule has 0 bridgehead atoms. The van der Waals surface area contributed by atoms with Gasteiger partial charge in [-0.3, -0.25) is 0 Å². The molecule has 0 radical (unpaired) electrons. The summed E-state index contributed by atoms with van der Waals surface area (Å²) < 4.78 is 29.8. The van der Waals surface area contributed by atoms with Crippen molar-refractivity contribution in [1.82, 2.24) is 0 Å². The molecule has 40 heavy (non-hydrogen) atoms. The molecule has 0 atom stereocenters. The third kappa shape index (κ3) is 4.93. The van der Waals surface area contributed by atoms with Crippen LogP contribution in [0.1, 0.15) is 0 Å². The first-order valence-electron chi connectivity index (χ1n) is 13.0. The predicted octanol–water partition coefficient (Wildman–Crippen LogP) is 9.44. The first-order valence-corrected chi connectivity index (χ1v) is 14.5. The molecule has 0 fully saturated rings. The minimum atomic E-state index is -3.26. The van der Waals surface area contributed by atoms with Crippen molar-refractivity contribution in [2.24, 2.45) is 0 Å². The fraction of sp³-hybridized carbons (Fsp3) is 0. The molecule has 4 heteroatoms. The summed E-state index contributed by atoms with van der Waals surface area (Å²) in [4.78, 5) is 0.845. The average molecular weight is 539 g/mol. The highest BCUT2D eigenvalue weighted by atomic mass is 32.2. The van der Waals surface area contributed by atoms with Crippen molar-refractivity contribution >= 4 is 31.8 Å². The summed E-state index contributed by atoms with van der Waals surface area (Å²) in [6.07, 6.45) is 0. The smallest absolute Gasteiger partial charge is 0.207 e. The van der Waals surface area contributed by atoms with Crippen molar-refractivity contribution in [3.63, 3.8) is 0 Å². The largest absolute Gasteiger partial charge is 0.456 e. The van der Waals surface area contributed by atoms with Gasteiger partial charge >= 0.3 is 0 Å². The Bertz CT molecular complexity index is 1870. The molecule has 0 unspecified atom stereocenters. The van der Waals surface area contributed by atoms with Crippen LogP contribution >= 0.6 is 0 Å². The number of rotatable bonds is 1. The van der Waals surface area contributed by atoms with E-state index < -0.39 is 9.84 Å². The molecule has 0 aliphatic carbocycles. The van der Waals surface area contributed by atoms with E-state index in [2.05, 4.69) is 60.7 Å². The van der Waals surface area contributed by atoms with E-state index in [0.29, 0.717) is 9.79 Å². The van der Waals surface area contributed by atoms with E-state index in [1.807, 2.05) is 72.8 Å². The van der Waals surface area contributed by atoms with Gasteiger partial charge in [-0.2, -0.15) is 0 Å². The molecule has 0 N–H and O–H groups in total. The van der Waals surface area contributed by atoms with Crippen LogP contribution in [-0.4, -0.2) is 8.42 Å². The average Bonchev–Trinajstić information content (AvgIpc) is 3.52. The Labute approximate surface area is 233 Å². The molecular formula is C36H26O3S. The summed E-state index contributed by atoms with van der Waals surface area (Å²) in [7, 11) is -3.26. The molecule has 6 aromatic carbocycles. The zero-order chi connectivity index (χ0) is 27.4. The highest BCUT2D eigenvalue weighted by molar-refractivity contribution is 7.92. The van der Waals surface area contributed by atoms with E-state index >= 15 is 0 Å². The first kappa shape index (κ1) is 25.4. The molecule has 0 spiro atoms. The van der Waals surface area contributed by atoms with E-state index in [1.165, 1.54) is 21.9 Å². The number of hydrogen-bond donors (Lipinski definition) is 0. The number of furan rings is 1. The molecule has 0 saturated heterocycles. The topological polar surface area (TPSA) is 47.3 Å². The monoisotopic (exact) mass is 538 g/mol. The normalized spacial score (nSPS) is 12.4. The van der Waals surface area contributed by atoms with Crippen LogP contribution in [-0.2, 0) is 9.84 Å². The van der Waals surface area contributed by atoms with E-state index in [9.17, 15) is 8.42 Å². The van der Waals surface area contributed by atoms with E-state index in [-0.39, 0.29) is 0 Å². The van der Waals surface area contributed by atoms with Gasteiger partial charge in [0.1, 0.15) is 11.2 Å². The van der Waals surface area contributed by atoms with Gasteiger partial charge in [0.25, 0.3) is 0 Å². The highest BCUT2D eigenvalue weighted by Gasteiger charge is 2.31. The molecule has 1 aliphatic heterocycles. The second kappa shape index (κ2) is 11.0. The summed E-state index contributed by atoms with van der Waals surface area (Å²) in [6.45, 7) is 0. The zero-order valence-corrected chi connectivity index (χ0v) is 22.5. The lowest BCUT2D eigenvalue weighted by molar-refractivity contribution is 0.598. The van der Waals surface area contributed by atoms with Crippen LogP contribution in [0.5, 0.6) is 0 Å². The Morgan fingerprint density at radius 3 is 1.18 bits per heavy atom. The van der Waals surface area contributed by atoms with E-state index in [0.717, 1.165) is 22.3 Å². The minimum Gasteiger partial charge on any atom is -0.456 e. The minimum absolute atomic E-state index is 0.422. The fourth-order valence-electron chi connectivity index (χ4n) is 4.90. The molecule has 0 saturated carbocycles. The Balaban J connectivity index is 0.000000109. The van der Waals surface area contributed by atoms with Crippen LogP contribution in [0.4, 0.5) is 0 Å². The lowest BCUT2D eigenvalue weighted by Crippen LogP contribution is -1.95. The number of fused-ring (bicyclic) bond motifs is 6. The Morgan fingerprint density at radius 1 is 0.375 bits per heavy atom. The van der Waals surface area contributed by atoms with Crippen LogP contribution in [0.3, 0.4) is 0 Å². The van der Waals surface area contributed by atoms with Gasteiger partial charge in [0.05, 0.1) is 9.79 Å². The molecule has 3 nitrogen and oxygen atoms in total. The Morgan fingerprint density at radius 2 is 0.725 bits per heavy atom. The van der Waals surface area contributed by atoms with Crippen LogP contribution in [0.25, 0.3) is 44.2 Å². The highest BCUT2D eigenvalue weighted by Crippen LogP contribution is 2.42. The van der Waals surface area contributed by atoms with Gasteiger partial charge in [-0.1, -0.05) is 133 Å². The predicted molar refractivity (Wildman–Crippen MR) is 163 cm³/mol. The molecule has 0 amide bonds. The van der Waals surface area contributed by atoms with Crippen molar-refractivity contribution in [1.29, 1.82) is 0 Å². The second-order valence-corrected chi connectivity index (χ2v) is 11.2. The van der Waals surface area contributed by atoms with Crippen LogP contribution in [0.15, 0.2) is 172 Å². The van der Waals surface area contributed by atoms with Gasteiger partial charge in [0, 0.05) is 21.9 Å². The maximum absolute atomic E-state index is 12.1. The molecule has 194 valence electrons. The van der Waals surface area contributed by atoms with Crippen molar-refractivity contribution in [2.75, 3.05) is 0 Å². The fourth-order valence-corrected chi connectivity index (χ4v) is 6.59. The van der Waals surface area contributed by atoms with Gasteiger partial charge in [0.15, 0.2) is 0 Å². The van der Waals surface area contributed by atoms with Crippen molar-refractivity contribution < 1.29 is 12.8 Å². The Kier molecular flexibility index (Phi) is 7.00. The summed E-state index contributed by atoms with van der Waals surface area (Å²) in [5.74, 6) is 0. The molecule has 7 aromatic rings. The van der Waals surface area contributed by atoms with Crippen LogP contribution in [0, 0.1) is 0 Å². The summed E-state index contributed by atoms with van der Waals surface area (Å²) in [5.41, 5.74) is 6.10. The van der Waals surface area contributed by atoms with E-state index in [4.69, 9.17) is 4.42 Å². The quantitative estimate of drug-likeness (QED) is 0.209. The number of para-hydroxylation sites is 2. The maximum Gasteiger partial charge on any atom is 0.207 e. The van der Waals surface area contributed by atoms with Gasteiger partial charge in [-0.25, -0.2) is 8.42 Å². The molecule has 1 aliphatic rings. The number of sulfone groups is 1. The molecule has 2 heterocycles. The van der Waals surface area contributed by atoms with Crippen molar-refractivity contribution in [3.05, 3.63) is 158 Å². The molecule has 1 aromatic heterocycles. The van der Waals surface area contributed by atoms with Gasteiger partial charge in [-0.15, -0.1) is 0 Å². The van der Waals surface area contributed by atoms with Crippen molar-refractivity contribution in [2.45, 2.75) is 9.79 Å². The van der Waals surface area contributed by atoms with Crippen LogP contribution < -0.4 is 0 Å². The molecule has 8 rings (SSSR count). The third-order valence-corrected chi connectivity index (χ3v) is 8.68. The van der Waals surface area contributed by atoms with Gasteiger partial charge < -0.3 is 4.42 Å². The van der Waals surface area contributed by atoms with E-state index in [1.54, 1.807) is 24.3 Å². The number of hydrogen-bond acceptors (Lipinski definition) is 3.